The standard InChI is InChI=1S/C13H20ClN3O/c1-3-17(11-5-4-6-15-8-11)13(18)12-7-10(14)9-16(12)2/h7,9,11,15H,3-6,8H2,1-2H3. The van der Waals surface area contributed by atoms with Crippen molar-refractivity contribution < 1.29 is 4.79 Å². The number of likely N-dealkylation sites (N-methyl/N-ethyl adjacent to an activating group) is 1. The second-order valence-corrected chi connectivity index (χ2v) is 5.18. The Labute approximate surface area is 113 Å². The predicted octanol–water partition coefficient (Wildman–Crippen LogP) is 1.89. The lowest BCUT2D eigenvalue weighted by atomic mass is 10.1. The fourth-order valence-electron chi connectivity index (χ4n) is 2.55. The molecule has 0 aromatic carbocycles. The lowest BCUT2D eigenvalue weighted by molar-refractivity contribution is 0.0652. The maximum atomic E-state index is 12.5. The van der Waals surface area contributed by atoms with Crippen LogP contribution < -0.4 is 5.32 Å². The van der Waals surface area contributed by atoms with Crippen molar-refractivity contribution >= 4 is 17.5 Å². The van der Waals surface area contributed by atoms with Gasteiger partial charge >= 0.3 is 0 Å². The number of carbonyl (C=O) groups excluding carboxylic acids is 1. The first kappa shape index (κ1) is 13.4. The average molecular weight is 270 g/mol. The number of hydrogen-bond donors (Lipinski definition) is 1. The first-order chi connectivity index (χ1) is 8.63. The summed E-state index contributed by atoms with van der Waals surface area (Å²) in [4.78, 5) is 14.5. The first-order valence-electron chi connectivity index (χ1n) is 6.47. The molecule has 2 heterocycles. The Morgan fingerprint density at radius 3 is 2.94 bits per heavy atom. The zero-order chi connectivity index (χ0) is 13.1. The van der Waals surface area contributed by atoms with E-state index < -0.39 is 0 Å². The number of nitrogens with zero attached hydrogens (tertiary/aromatic N) is 2. The second-order valence-electron chi connectivity index (χ2n) is 4.75. The Morgan fingerprint density at radius 2 is 2.44 bits per heavy atom. The van der Waals surface area contributed by atoms with E-state index in [4.69, 9.17) is 11.6 Å². The van der Waals surface area contributed by atoms with Crippen LogP contribution in [0, 0.1) is 0 Å². The average Bonchev–Trinajstić information content (AvgIpc) is 2.70. The van der Waals surface area contributed by atoms with Crippen molar-refractivity contribution in [1.82, 2.24) is 14.8 Å². The molecule has 18 heavy (non-hydrogen) atoms. The van der Waals surface area contributed by atoms with Gasteiger partial charge in [0.15, 0.2) is 0 Å². The van der Waals surface area contributed by atoms with Gasteiger partial charge in [0.1, 0.15) is 5.69 Å². The number of amides is 1. The van der Waals surface area contributed by atoms with Gasteiger partial charge in [-0.2, -0.15) is 0 Å². The molecule has 5 heteroatoms. The summed E-state index contributed by atoms with van der Waals surface area (Å²) in [6.45, 7) is 4.70. The van der Waals surface area contributed by atoms with Crippen molar-refractivity contribution in [3.8, 4) is 0 Å². The minimum Gasteiger partial charge on any atom is -0.345 e. The highest BCUT2D eigenvalue weighted by Gasteiger charge is 2.26. The minimum atomic E-state index is 0.0700. The van der Waals surface area contributed by atoms with Crippen LogP contribution in [0.1, 0.15) is 30.3 Å². The molecule has 0 bridgehead atoms. The summed E-state index contributed by atoms with van der Waals surface area (Å²) in [7, 11) is 1.85. The molecule has 0 aliphatic carbocycles. The van der Waals surface area contributed by atoms with Gasteiger partial charge in [0.2, 0.25) is 0 Å². The van der Waals surface area contributed by atoms with E-state index in [2.05, 4.69) is 5.32 Å². The molecule has 1 amide bonds. The summed E-state index contributed by atoms with van der Waals surface area (Å²) in [5, 5.41) is 3.96. The third-order valence-corrected chi connectivity index (χ3v) is 3.71. The van der Waals surface area contributed by atoms with Gasteiger partial charge in [-0.25, -0.2) is 0 Å². The van der Waals surface area contributed by atoms with E-state index in [9.17, 15) is 4.79 Å². The Morgan fingerprint density at radius 1 is 1.67 bits per heavy atom. The number of piperidine rings is 1. The maximum Gasteiger partial charge on any atom is 0.270 e. The summed E-state index contributed by atoms with van der Waals surface area (Å²) >= 11 is 5.94. The Bertz CT molecular complexity index is 424. The molecule has 2 rings (SSSR count). The summed E-state index contributed by atoms with van der Waals surface area (Å²) in [5.74, 6) is 0.0700. The van der Waals surface area contributed by atoms with E-state index in [0.29, 0.717) is 16.8 Å². The van der Waals surface area contributed by atoms with E-state index in [1.54, 1.807) is 16.8 Å². The molecule has 1 aromatic heterocycles. The Hall–Kier alpha value is -1.00. The van der Waals surface area contributed by atoms with Crippen LogP contribution in [0.4, 0.5) is 0 Å². The number of carbonyl (C=O) groups is 1. The highest BCUT2D eigenvalue weighted by atomic mass is 35.5. The van der Waals surface area contributed by atoms with Crippen LogP contribution in [0.15, 0.2) is 12.3 Å². The molecule has 1 fully saturated rings. The van der Waals surface area contributed by atoms with Crippen LogP contribution in [0.3, 0.4) is 0 Å². The largest absolute Gasteiger partial charge is 0.345 e. The van der Waals surface area contributed by atoms with Crippen molar-refractivity contribution in [1.29, 1.82) is 0 Å². The number of hydrogen-bond acceptors (Lipinski definition) is 2. The van der Waals surface area contributed by atoms with Gasteiger partial charge in [-0.1, -0.05) is 11.6 Å². The summed E-state index contributed by atoms with van der Waals surface area (Å²) in [6, 6.07) is 2.04. The number of rotatable bonds is 3. The predicted molar refractivity (Wildman–Crippen MR) is 73.0 cm³/mol. The van der Waals surface area contributed by atoms with E-state index >= 15 is 0 Å². The topological polar surface area (TPSA) is 37.3 Å². The summed E-state index contributed by atoms with van der Waals surface area (Å²) in [5.41, 5.74) is 0.660. The highest BCUT2D eigenvalue weighted by molar-refractivity contribution is 6.31. The SMILES string of the molecule is CCN(C(=O)c1cc(Cl)cn1C)C1CCCNC1. The van der Waals surface area contributed by atoms with Gasteiger partial charge in [-0.15, -0.1) is 0 Å². The quantitative estimate of drug-likeness (QED) is 0.910. The van der Waals surface area contributed by atoms with Gasteiger partial charge in [0.25, 0.3) is 5.91 Å². The third kappa shape index (κ3) is 2.70. The van der Waals surface area contributed by atoms with Gasteiger partial charge in [-0.05, 0) is 32.4 Å². The molecule has 4 nitrogen and oxygen atoms in total. The molecule has 0 saturated carbocycles. The fourth-order valence-corrected chi connectivity index (χ4v) is 2.80. The lowest BCUT2D eigenvalue weighted by Crippen LogP contribution is -2.48. The summed E-state index contributed by atoms with van der Waals surface area (Å²) in [6.07, 6.45) is 3.97. The first-order valence-corrected chi connectivity index (χ1v) is 6.84. The monoisotopic (exact) mass is 269 g/mol. The van der Waals surface area contributed by atoms with Crippen LogP contribution in [0.5, 0.6) is 0 Å². The number of nitrogens with one attached hydrogen (secondary N) is 1. The molecule has 1 aromatic rings. The van der Waals surface area contributed by atoms with E-state index in [-0.39, 0.29) is 5.91 Å². The molecule has 0 radical (unpaired) electrons. The van der Waals surface area contributed by atoms with Crippen molar-refractivity contribution in [2.45, 2.75) is 25.8 Å². The zero-order valence-electron chi connectivity index (χ0n) is 10.9. The molecule has 0 spiro atoms. The number of aromatic nitrogens is 1. The van der Waals surface area contributed by atoms with Gasteiger partial charge in [0.05, 0.1) is 5.02 Å². The van der Waals surface area contributed by atoms with E-state index in [1.807, 2.05) is 18.9 Å². The Balaban J connectivity index is 2.16. The molecular weight excluding hydrogens is 250 g/mol. The minimum absolute atomic E-state index is 0.0700. The molecule has 1 aliphatic heterocycles. The number of halogens is 1. The van der Waals surface area contributed by atoms with Gasteiger partial charge < -0.3 is 14.8 Å². The van der Waals surface area contributed by atoms with Gasteiger partial charge in [-0.3, -0.25) is 4.79 Å². The number of aryl methyl sites for hydroxylation is 1. The normalized spacial score (nSPS) is 19.8. The Kier molecular flexibility index (Phi) is 4.30. The van der Waals surface area contributed by atoms with Crippen LogP contribution in [0.25, 0.3) is 0 Å². The van der Waals surface area contributed by atoms with Crippen LogP contribution in [-0.4, -0.2) is 41.1 Å². The molecule has 100 valence electrons. The fraction of sp³-hybridized carbons (Fsp3) is 0.615. The van der Waals surface area contributed by atoms with E-state index in [1.165, 1.54) is 0 Å². The summed E-state index contributed by atoms with van der Waals surface area (Å²) < 4.78 is 1.80. The van der Waals surface area contributed by atoms with Crippen molar-refractivity contribution in [2.75, 3.05) is 19.6 Å². The maximum absolute atomic E-state index is 12.5. The molecule has 1 unspecified atom stereocenters. The van der Waals surface area contributed by atoms with Crippen molar-refractivity contribution in [3.63, 3.8) is 0 Å². The van der Waals surface area contributed by atoms with Crippen molar-refractivity contribution in [3.05, 3.63) is 23.0 Å². The molecule has 1 N–H and O–H groups in total. The van der Waals surface area contributed by atoms with Crippen molar-refractivity contribution in [2.24, 2.45) is 7.05 Å². The molecular formula is C13H20ClN3O. The smallest absolute Gasteiger partial charge is 0.270 e. The molecule has 1 aliphatic rings. The second kappa shape index (κ2) is 5.76. The highest BCUT2D eigenvalue weighted by Crippen LogP contribution is 2.18. The van der Waals surface area contributed by atoms with Crippen LogP contribution in [-0.2, 0) is 7.05 Å². The van der Waals surface area contributed by atoms with Crippen LogP contribution in [0.2, 0.25) is 5.02 Å². The van der Waals surface area contributed by atoms with Gasteiger partial charge in [0, 0.05) is 32.4 Å². The molecule has 1 saturated heterocycles. The third-order valence-electron chi connectivity index (χ3n) is 3.50. The lowest BCUT2D eigenvalue weighted by Gasteiger charge is -2.34. The zero-order valence-corrected chi connectivity index (χ0v) is 11.7. The van der Waals surface area contributed by atoms with Crippen LogP contribution >= 0.6 is 11.6 Å². The molecule has 1 atom stereocenters. The van der Waals surface area contributed by atoms with E-state index in [0.717, 1.165) is 32.5 Å².